The Labute approximate surface area is 178 Å². The van der Waals surface area contributed by atoms with E-state index in [2.05, 4.69) is 72.9 Å². The maximum absolute atomic E-state index is 6.13. The maximum atomic E-state index is 6.13. The van der Waals surface area contributed by atoms with Gasteiger partial charge in [0.1, 0.15) is 24.7 Å². The molecule has 0 aliphatic rings. The van der Waals surface area contributed by atoms with Crippen molar-refractivity contribution in [2.45, 2.75) is 20.0 Å². The van der Waals surface area contributed by atoms with Crippen LogP contribution in [-0.2, 0) is 13.1 Å². The first kappa shape index (κ1) is 20.0. The monoisotopic (exact) mass is 397 g/mol. The quantitative estimate of drug-likeness (QED) is 0.357. The standard InChI is InChI=1S/C27H27NO2/c1-21-9-5-6-11-23(21)19-28-20-26-25-14-8-7-10-22(25)15-16-27(26)30-18-17-29-24-12-3-2-4-13-24/h2-16,28H,17-20H2,1H3. The minimum atomic E-state index is 0.498. The normalized spacial score (nSPS) is 10.8. The molecule has 0 aliphatic carbocycles. The Morgan fingerprint density at radius 2 is 1.40 bits per heavy atom. The highest BCUT2D eigenvalue weighted by Crippen LogP contribution is 2.28. The van der Waals surface area contributed by atoms with E-state index in [1.165, 1.54) is 27.5 Å². The molecule has 0 bridgehead atoms. The van der Waals surface area contributed by atoms with Gasteiger partial charge in [-0.2, -0.15) is 0 Å². The number of ether oxygens (including phenoxy) is 2. The SMILES string of the molecule is Cc1ccccc1CNCc1c(OCCOc2ccccc2)ccc2ccccc12. The number of nitrogens with one attached hydrogen (secondary N) is 1. The summed E-state index contributed by atoms with van der Waals surface area (Å²) in [6, 6.07) is 30.9. The highest BCUT2D eigenvalue weighted by atomic mass is 16.5. The Balaban J connectivity index is 1.44. The molecule has 0 saturated heterocycles. The van der Waals surface area contributed by atoms with Gasteiger partial charge in [0.15, 0.2) is 0 Å². The fraction of sp³-hybridized carbons (Fsp3) is 0.185. The fourth-order valence-corrected chi connectivity index (χ4v) is 3.59. The summed E-state index contributed by atoms with van der Waals surface area (Å²) in [6.07, 6.45) is 0. The van der Waals surface area contributed by atoms with Crippen molar-refractivity contribution in [3.8, 4) is 11.5 Å². The second kappa shape index (κ2) is 9.95. The van der Waals surface area contributed by atoms with E-state index in [1.807, 2.05) is 30.3 Å². The largest absolute Gasteiger partial charge is 0.490 e. The van der Waals surface area contributed by atoms with E-state index >= 15 is 0 Å². The third-order valence-electron chi connectivity index (χ3n) is 5.23. The van der Waals surface area contributed by atoms with Gasteiger partial charge in [-0.1, -0.05) is 72.8 Å². The third-order valence-corrected chi connectivity index (χ3v) is 5.23. The maximum Gasteiger partial charge on any atom is 0.124 e. The molecule has 0 heterocycles. The van der Waals surface area contributed by atoms with E-state index in [1.54, 1.807) is 0 Å². The van der Waals surface area contributed by atoms with Crippen LogP contribution in [0.4, 0.5) is 0 Å². The van der Waals surface area contributed by atoms with Gasteiger partial charge in [-0.25, -0.2) is 0 Å². The molecule has 4 aromatic carbocycles. The van der Waals surface area contributed by atoms with Crippen LogP contribution in [0.15, 0.2) is 91.0 Å². The summed E-state index contributed by atoms with van der Waals surface area (Å²) in [5.74, 6) is 1.77. The van der Waals surface area contributed by atoms with Gasteiger partial charge in [0.2, 0.25) is 0 Å². The lowest BCUT2D eigenvalue weighted by Gasteiger charge is -2.16. The molecule has 0 aromatic heterocycles. The van der Waals surface area contributed by atoms with E-state index in [4.69, 9.17) is 9.47 Å². The molecule has 0 aliphatic heterocycles. The van der Waals surface area contributed by atoms with E-state index < -0.39 is 0 Å². The first-order valence-electron chi connectivity index (χ1n) is 10.4. The molecule has 1 N–H and O–H groups in total. The van der Waals surface area contributed by atoms with Gasteiger partial charge < -0.3 is 14.8 Å². The zero-order chi connectivity index (χ0) is 20.6. The summed E-state index contributed by atoms with van der Waals surface area (Å²) in [6.45, 7) is 4.72. The summed E-state index contributed by atoms with van der Waals surface area (Å²) in [7, 11) is 0. The molecule has 0 atom stereocenters. The van der Waals surface area contributed by atoms with Crippen LogP contribution in [0.2, 0.25) is 0 Å². The number of aryl methyl sites for hydroxylation is 1. The first-order chi connectivity index (χ1) is 14.8. The van der Waals surface area contributed by atoms with Gasteiger partial charge in [-0.05, 0) is 47.0 Å². The minimum absolute atomic E-state index is 0.498. The smallest absolute Gasteiger partial charge is 0.124 e. The molecule has 0 unspecified atom stereocenters. The van der Waals surface area contributed by atoms with E-state index in [9.17, 15) is 0 Å². The lowest BCUT2D eigenvalue weighted by molar-refractivity contribution is 0.216. The molecule has 0 fully saturated rings. The Morgan fingerprint density at radius 1 is 0.667 bits per heavy atom. The number of fused-ring (bicyclic) bond motifs is 1. The summed E-state index contributed by atoms with van der Waals surface area (Å²) in [4.78, 5) is 0. The van der Waals surface area contributed by atoms with Crippen molar-refractivity contribution in [2.75, 3.05) is 13.2 Å². The molecule has 4 rings (SSSR count). The second-order valence-corrected chi connectivity index (χ2v) is 7.30. The average Bonchev–Trinajstić information content (AvgIpc) is 2.79. The number of benzene rings is 4. The fourth-order valence-electron chi connectivity index (χ4n) is 3.59. The van der Waals surface area contributed by atoms with Crippen molar-refractivity contribution in [2.24, 2.45) is 0 Å². The van der Waals surface area contributed by atoms with Gasteiger partial charge in [0.25, 0.3) is 0 Å². The van der Waals surface area contributed by atoms with Crippen molar-refractivity contribution in [1.82, 2.24) is 5.32 Å². The molecule has 0 amide bonds. The molecular formula is C27H27NO2. The van der Waals surface area contributed by atoms with Crippen LogP contribution in [0.1, 0.15) is 16.7 Å². The van der Waals surface area contributed by atoms with Gasteiger partial charge in [0, 0.05) is 18.7 Å². The van der Waals surface area contributed by atoms with Crippen molar-refractivity contribution in [1.29, 1.82) is 0 Å². The highest BCUT2D eigenvalue weighted by Gasteiger charge is 2.09. The highest BCUT2D eigenvalue weighted by molar-refractivity contribution is 5.87. The molecule has 30 heavy (non-hydrogen) atoms. The number of hydrogen-bond donors (Lipinski definition) is 1. The van der Waals surface area contributed by atoms with Gasteiger partial charge in [-0.3, -0.25) is 0 Å². The number of hydrogen-bond acceptors (Lipinski definition) is 3. The second-order valence-electron chi connectivity index (χ2n) is 7.30. The molecule has 4 aromatic rings. The van der Waals surface area contributed by atoms with Gasteiger partial charge >= 0.3 is 0 Å². The summed E-state index contributed by atoms with van der Waals surface area (Å²) in [5, 5.41) is 6.04. The van der Waals surface area contributed by atoms with Crippen molar-refractivity contribution in [3.05, 3.63) is 108 Å². The molecule has 152 valence electrons. The number of para-hydroxylation sites is 1. The van der Waals surface area contributed by atoms with Crippen LogP contribution in [0.3, 0.4) is 0 Å². The predicted molar refractivity (Wildman–Crippen MR) is 123 cm³/mol. The predicted octanol–water partition coefficient (Wildman–Crippen LogP) is 5.90. The van der Waals surface area contributed by atoms with Gasteiger partial charge in [0.05, 0.1) is 0 Å². The zero-order valence-corrected chi connectivity index (χ0v) is 17.3. The molecular weight excluding hydrogens is 370 g/mol. The molecule has 3 heteroatoms. The Kier molecular flexibility index (Phi) is 6.63. The van der Waals surface area contributed by atoms with Crippen LogP contribution in [0, 0.1) is 6.92 Å². The van der Waals surface area contributed by atoms with Crippen molar-refractivity contribution < 1.29 is 9.47 Å². The first-order valence-corrected chi connectivity index (χ1v) is 10.4. The lowest BCUT2D eigenvalue weighted by atomic mass is 10.0. The summed E-state index contributed by atoms with van der Waals surface area (Å²) < 4.78 is 11.9. The van der Waals surface area contributed by atoms with Crippen LogP contribution in [-0.4, -0.2) is 13.2 Å². The minimum Gasteiger partial charge on any atom is -0.490 e. The van der Waals surface area contributed by atoms with E-state index in [-0.39, 0.29) is 0 Å². The van der Waals surface area contributed by atoms with Crippen LogP contribution >= 0.6 is 0 Å². The molecule has 0 radical (unpaired) electrons. The average molecular weight is 398 g/mol. The number of rotatable bonds is 9. The summed E-state index contributed by atoms with van der Waals surface area (Å²) in [5.41, 5.74) is 3.80. The zero-order valence-electron chi connectivity index (χ0n) is 17.3. The third kappa shape index (κ3) is 5.00. The lowest BCUT2D eigenvalue weighted by Crippen LogP contribution is -2.16. The molecule has 3 nitrogen and oxygen atoms in total. The molecule has 0 saturated carbocycles. The van der Waals surface area contributed by atoms with Crippen LogP contribution < -0.4 is 14.8 Å². The van der Waals surface area contributed by atoms with Crippen molar-refractivity contribution >= 4 is 10.8 Å². The molecule has 0 spiro atoms. The Hall–Kier alpha value is -3.30. The van der Waals surface area contributed by atoms with Crippen molar-refractivity contribution in [3.63, 3.8) is 0 Å². The van der Waals surface area contributed by atoms with Crippen LogP contribution in [0.5, 0.6) is 11.5 Å². The van der Waals surface area contributed by atoms with Gasteiger partial charge in [-0.15, -0.1) is 0 Å². The van der Waals surface area contributed by atoms with E-state index in [0.717, 1.165) is 24.6 Å². The Bertz CT molecular complexity index is 1090. The Morgan fingerprint density at radius 3 is 2.27 bits per heavy atom. The van der Waals surface area contributed by atoms with E-state index in [0.29, 0.717) is 13.2 Å². The topological polar surface area (TPSA) is 30.5 Å². The van der Waals surface area contributed by atoms with Crippen LogP contribution in [0.25, 0.3) is 10.8 Å². The summed E-state index contributed by atoms with van der Waals surface area (Å²) >= 11 is 0.